The van der Waals surface area contributed by atoms with Gasteiger partial charge in [-0.15, -0.1) is 0 Å². The second kappa shape index (κ2) is 4.70. The number of halogens is 3. The Kier molecular flexibility index (Phi) is 3.80. The largest absolute Gasteiger partial charge is 0.492 e. The summed E-state index contributed by atoms with van der Waals surface area (Å²) in [5.74, 6) is 0. The maximum atomic E-state index is 12.1. The summed E-state index contributed by atoms with van der Waals surface area (Å²) in [6.45, 7) is -2.46. The summed E-state index contributed by atoms with van der Waals surface area (Å²) in [7, 11) is 1.48. The van der Waals surface area contributed by atoms with E-state index < -0.39 is 13.4 Å². The zero-order chi connectivity index (χ0) is 11.5. The molecule has 0 aliphatic heterocycles. The van der Waals surface area contributed by atoms with Crippen LogP contribution in [-0.4, -0.2) is 25.4 Å². The molecule has 0 atom stereocenters. The van der Waals surface area contributed by atoms with E-state index in [1.807, 2.05) is 31.2 Å². The van der Waals surface area contributed by atoms with Gasteiger partial charge in [0, 0.05) is 6.54 Å². The Hall–Kier alpha value is -0.965. The molecule has 15 heavy (non-hydrogen) atoms. The molecule has 5 heteroatoms. The molecule has 0 fully saturated rings. The van der Waals surface area contributed by atoms with Crippen molar-refractivity contribution in [3.8, 4) is 0 Å². The zero-order valence-electron chi connectivity index (χ0n) is 8.88. The van der Waals surface area contributed by atoms with Crippen LogP contribution in [-0.2, 0) is 6.54 Å². The SMILES string of the molecule is Cc1cccc(CN(C)C[B-](F)(F)F)c1. The quantitative estimate of drug-likeness (QED) is 0.699. The van der Waals surface area contributed by atoms with E-state index in [1.54, 1.807) is 0 Å². The van der Waals surface area contributed by atoms with E-state index in [1.165, 1.54) is 11.9 Å². The third kappa shape index (κ3) is 4.88. The van der Waals surface area contributed by atoms with E-state index in [-0.39, 0.29) is 0 Å². The van der Waals surface area contributed by atoms with Crippen LogP contribution >= 0.6 is 0 Å². The zero-order valence-corrected chi connectivity index (χ0v) is 8.88. The molecule has 0 aliphatic carbocycles. The number of rotatable bonds is 4. The summed E-state index contributed by atoms with van der Waals surface area (Å²) in [6.07, 6.45) is -0.812. The van der Waals surface area contributed by atoms with Crippen LogP contribution in [0.2, 0.25) is 0 Å². The van der Waals surface area contributed by atoms with Gasteiger partial charge in [0.05, 0.1) is 0 Å². The van der Waals surface area contributed by atoms with Crippen molar-refractivity contribution in [2.24, 2.45) is 0 Å². The highest BCUT2D eigenvalue weighted by molar-refractivity contribution is 6.58. The molecule has 0 aliphatic rings. The van der Waals surface area contributed by atoms with Gasteiger partial charge in [0.1, 0.15) is 0 Å². The van der Waals surface area contributed by atoms with Gasteiger partial charge >= 0.3 is 6.98 Å². The number of hydrogen-bond donors (Lipinski definition) is 0. The predicted molar refractivity (Wildman–Crippen MR) is 56.6 cm³/mol. The smallest absolute Gasteiger partial charge is 0.448 e. The second-order valence-corrected chi connectivity index (χ2v) is 3.90. The fourth-order valence-electron chi connectivity index (χ4n) is 1.54. The van der Waals surface area contributed by atoms with Crippen LogP contribution in [0.4, 0.5) is 12.9 Å². The Bertz CT molecular complexity index is 325. The highest BCUT2D eigenvalue weighted by Crippen LogP contribution is 2.12. The molecule has 0 heterocycles. The Labute approximate surface area is 88.0 Å². The van der Waals surface area contributed by atoms with Crippen LogP contribution in [0.3, 0.4) is 0 Å². The van der Waals surface area contributed by atoms with E-state index in [2.05, 4.69) is 0 Å². The molecular formula is C10H14BF3N-. The number of nitrogens with zero attached hydrogens (tertiary/aromatic N) is 1. The van der Waals surface area contributed by atoms with Crippen LogP contribution in [0.15, 0.2) is 24.3 Å². The molecule has 0 aromatic heterocycles. The minimum absolute atomic E-state index is 0.336. The third-order valence-corrected chi connectivity index (χ3v) is 2.05. The number of aryl methyl sites for hydroxylation is 1. The lowest BCUT2D eigenvalue weighted by atomic mass is 9.91. The first kappa shape index (κ1) is 12.1. The highest BCUT2D eigenvalue weighted by Gasteiger charge is 2.24. The van der Waals surface area contributed by atoms with Crippen molar-refractivity contribution in [2.45, 2.75) is 13.5 Å². The van der Waals surface area contributed by atoms with Gasteiger partial charge in [-0.2, -0.15) is 0 Å². The van der Waals surface area contributed by atoms with Gasteiger partial charge in [0.2, 0.25) is 0 Å². The lowest BCUT2D eigenvalue weighted by molar-refractivity contribution is 0.322. The molecule has 1 aromatic rings. The average molecular weight is 216 g/mol. The molecule has 84 valence electrons. The van der Waals surface area contributed by atoms with Crippen LogP contribution in [0.1, 0.15) is 11.1 Å². The van der Waals surface area contributed by atoms with Crippen LogP contribution in [0.5, 0.6) is 0 Å². The van der Waals surface area contributed by atoms with Crippen molar-refractivity contribution in [3.63, 3.8) is 0 Å². The number of benzene rings is 1. The molecule has 1 aromatic carbocycles. The minimum atomic E-state index is -4.73. The first-order valence-electron chi connectivity index (χ1n) is 4.82. The van der Waals surface area contributed by atoms with Crippen molar-refractivity contribution < 1.29 is 12.9 Å². The Balaban J connectivity index is 2.55. The van der Waals surface area contributed by atoms with Crippen molar-refractivity contribution in [2.75, 3.05) is 13.5 Å². The van der Waals surface area contributed by atoms with Crippen molar-refractivity contribution in [1.82, 2.24) is 4.90 Å². The highest BCUT2D eigenvalue weighted by atomic mass is 19.4. The molecule has 1 rings (SSSR count). The molecule has 0 radical (unpaired) electrons. The molecule has 0 N–H and O–H groups in total. The van der Waals surface area contributed by atoms with Crippen molar-refractivity contribution in [1.29, 1.82) is 0 Å². The maximum absolute atomic E-state index is 12.1. The standard InChI is InChI=1S/C10H14BF3N/c1-9-4-3-5-10(6-9)7-15(2)8-11(12,13)14/h3-6H,7-8H2,1-2H3/q-1. The molecule has 0 amide bonds. The van der Waals surface area contributed by atoms with Crippen molar-refractivity contribution >= 4 is 6.98 Å². The van der Waals surface area contributed by atoms with Gasteiger partial charge in [-0.1, -0.05) is 29.8 Å². The summed E-state index contributed by atoms with van der Waals surface area (Å²) >= 11 is 0. The van der Waals surface area contributed by atoms with E-state index in [4.69, 9.17) is 0 Å². The van der Waals surface area contributed by atoms with E-state index in [0.717, 1.165) is 11.1 Å². The van der Waals surface area contributed by atoms with E-state index in [0.29, 0.717) is 6.54 Å². The average Bonchev–Trinajstić information content (AvgIpc) is 1.99. The van der Waals surface area contributed by atoms with E-state index >= 15 is 0 Å². The van der Waals surface area contributed by atoms with Gasteiger partial charge in [-0.05, 0) is 26.0 Å². The Morgan fingerprint density at radius 2 is 1.93 bits per heavy atom. The fourth-order valence-corrected chi connectivity index (χ4v) is 1.54. The molecule has 0 unspecified atom stereocenters. The summed E-state index contributed by atoms with van der Waals surface area (Å²) in [5.41, 5.74) is 1.98. The lowest BCUT2D eigenvalue weighted by Gasteiger charge is -2.23. The molecular weight excluding hydrogens is 202 g/mol. The summed E-state index contributed by atoms with van der Waals surface area (Å²) in [5, 5.41) is 0. The topological polar surface area (TPSA) is 3.24 Å². The molecule has 1 nitrogen and oxygen atoms in total. The summed E-state index contributed by atoms with van der Waals surface area (Å²) in [6, 6.07) is 7.53. The van der Waals surface area contributed by atoms with Crippen LogP contribution in [0.25, 0.3) is 0 Å². The molecule has 0 saturated heterocycles. The van der Waals surface area contributed by atoms with Crippen LogP contribution < -0.4 is 0 Å². The van der Waals surface area contributed by atoms with Gasteiger partial charge in [0.25, 0.3) is 0 Å². The Morgan fingerprint density at radius 3 is 2.47 bits per heavy atom. The first-order chi connectivity index (χ1) is 6.87. The van der Waals surface area contributed by atoms with Gasteiger partial charge in [-0.3, -0.25) is 0 Å². The Morgan fingerprint density at radius 1 is 1.27 bits per heavy atom. The second-order valence-electron chi connectivity index (χ2n) is 3.90. The minimum Gasteiger partial charge on any atom is -0.448 e. The third-order valence-electron chi connectivity index (χ3n) is 2.05. The first-order valence-corrected chi connectivity index (χ1v) is 4.82. The normalized spacial score (nSPS) is 12.1. The monoisotopic (exact) mass is 216 g/mol. The summed E-state index contributed by atoms with van der Waals surface area (Å²) in [4.78, 5) is 1.29. The predicted octanol–water partition coefficient (Wildman–Crippen LogP) is 2.81. The van der Waals surface area contributed by atoms with Gasteiger partial charge < -0.3 is 17.8 Å². The molecule has 0 spiro atoms. The van der Waals surface area contributed by atoms with Gasteiger partial charge in [0.15, 0.2) is 0 Å². The van der Waals surface area contributed by atoms with Crippen molar-refractivity contribution in [3.05, 3.63) is 35.4 Å². The fraction of sp³-hybridized carbons (Fsp3) is 0.400. The lowest BCUT2D eigenvalue weighted by Crippen LogP contribution is -2.35. The maximum Gasteiger partial charge on any atom is 0.492 e. The number of hydrogen-bond acceptors (Lipinski definition) is 1. The van der Waals surface area contributed by atoms with Crippen LogP contribution in [0, 0.1) is 6.92 Å². The van der Waals surface area contributed by atoms with Gasteiger partial charge in [-0.25, -0.2) is 0 Å². The molecule has 0 saturated carbocycles. The summed E-state index contributed by atoms with van der Waals surface area (Å²) < 4.78 is 36.3. The van der Waals surface area contributed by atoms with E-state index in [9.17, 15) is 12.9 Å². The molecule has 0 bridgehead atoms.